The number of hydrogen-bond donors (Lipinski definition) is 3. The minimum atomic E-state index is -3.30. The number of nitrogens with two attached hydrogens (primary N) is 1. The maximum absolute atomic E-state index is 14.5. The van der Waals surface area contributed by atoms with E-state index in [1.807, 2.05) is 0 Å². The average molecular weight is 532 g/mol. The smallest absolute Gasteiger partial charge is 0.327 e. The Morgan fingerprint density at radius 2 is 2.12 bits per heavy atom. The number of aliphatic hydroxyl groups excluding tert-OH is 2. The van der Waals surface area contributed by atoms with Gasteiger partial charge in [-0.2, -0.15) is 0 Å². The van der Waals surface area contributed by atoms with Crippen LogP contribution in [-0.2, 0) is 30.1 Å². The van der Waals surface area contributed by atoms with E-state index in [4.69, 9.17) is 47.4 Å². The molecule has 0 amide bonds. The van der Waals surface area contributed by atoms with Crippen molar-refractivity contribution in [1.29, 1.82) is 0 Å². The van der Waals surface area contributed by atoms with Gasteiger partial charge >= 0.3 is 6.72 Å². The molecule has 0 saturated carbocycles. The molecule has 3 aromatic rings. The van der Waals surface area contributed by atoms with Gasteiger partial charge in [-0.25, -0.2) is 19.3 Å². The Hall–Kier alpha value is -1.80. The van der Waals surface area contributed by atoms with E-state index in [-0.39, 0.29) is 29.6 Å². The zero-order valence-corrected chi connectivity index (χ0v) is 19.9. The van der Waals surface area contributed by atoms with Crippen molar-refractivity contribution < 1.29 is 32.9 Å². The van der Waals surface area contributed by atoms with Gasteiger partial charge in [0.15, 0.2) is 17.7 Å². The molecule has 0 bridgehead atoms. The Bertz CT molecular complexity index is 1270. The van der Waals surface area contributed by atoms with Crippen LogP contribution < -0.4 is 5.73 Å². The van der Waals surface area contributed by atoms with Crippen molar-refractivity contribution >= 4 is 47.1 Å². The lowest BCUT2D eigenvalue weighted by molar-refractivity contribution is -0.0533. The quantitative estimate of drug-likeness (QED) is 0.416. The molecule has 2 aliphatic rings. The van der Waals surface area contributed by atoms with E-state index >= 15 is 0 Å². The minimum absolute atomic E-state index is 0.0247. The number of ether oxygens (including phenoxy) is 1. The highest BCUT2D eigenvalue weighted by atomic mass is 35.5. The summed E-state index contributed by atoms with van der Waals surface area (Å²) in [6.45, 7) is -3.35. The summed E-state index contributed by atoms with van der Waals surface area (Å²) in [6, 6.07) is 4.62. The van der Waals surface area contributed by atoms with Crippen molar-refractivity contribution in [3.8, 4) is 0 Å². The molecule has 0 aliphatic carbocycles. The van der Waals surface area contributed by atoms with Crippen molar-refractivity contribution in [1.82, 2.24) is 19.5 Å². The molecule has 2 saturated heterocycles. The number of benzene rings is 1. The first-order valence-electron chi connectivity index (χ1n) is 10.2. The van der Waals surface area contributed by atoms with Crippen molar-refractivity contribution in [2.45, 2.75) is 37.1 Å². The summed E-state index contributed by atoms with van der Waals surface area (Å²) in [5.74, 6) is -0.415. The van der Waals surface area contributed by atoms with Crippen LogP contribution in [0.2, 0.25) is 5.02 Å². The highest BCUT2D eigenvalue weighted by molar-refractivity contribution is 8.07. The van der Waals surface area contributed by atoms with Gasteiger partial charge in [0.2, 0.25) is 0 Å². The number of nitrogens with zero attached hydrogens (tertiary/aromatic N) is 4. The van der Waals surface area contributed by atoms with Crippen LogP contribution in [-0.4, -0.2) is 61.3 Å². The molecule has 5 rings (SSSR count). The first-order chi connectivity index (χ1) is 16.3. The third-order valence-electron chi connectivity index (χ3n) is 5.61. The van der Waals surface area contributed by atoms with Crippen LogP contribution in [0.15, 0.2) is 30.9 Å². The maximum Gasteiger partial charge on any atom is 0.327 e. The van der Waals surface area contributed by atoms with E-state index in [9.17, 15) is 14.6 Å². The molecule has 15 heteroatoms. The van der Waals surface area contributed by atoms with Crippen molar-refractivity contribution in [3.05, 3.63) is 47.3 Å². The molecule has 6 atom stereocenters. The molecule has 4 heterocycles. The summed E-state index contributed by atoms with van der Waals surface area (Å²) in [5.41, 5.74) is 6.74. The van der Waals surface area contributed by atoms with Gasteiger partial charge in [0.25, 0.3) is 0 Å². The summed E-state index contributed by atoms with van der Waals surface area (Å²) < 4.78 is 38.9. The second kappa shape index (κ2) is 9.34. The lowest BCUT2D eigenvalue weighted by atomic mass is 10.1. The summed E-state index contributed by atoms with van der Waals surface area (Å²) >= 11 is 11.3. The zero-order valence-electron chi connectivity index (χ0n) is 17.4. The molecular formula is C19H20ClFN5O6PS. The predicted octanol–water partition coefficient (Wildman–Crippen LogP) is 2.24. The topological polar surface area (TPSA) is 147 Å². The summed E-state index contributed by atoms with van der Waals surface area (Å²) in [5, 5.41) is 21.1. The SMILES string of the molecule is Nc1ncnc2c1ncn2[C@@H]1O[C@H](COP2(=S)OCCC(c3cccc(Cl)c3F)O2)[C@@H](O)[C@H]1O. The molecule has 34 heavy (non-hydrogen) atoms. The van der Waals surface area contributed by atoms with Crippen LogP contribution in [0.4, 0.5) is 10.2 Å². The molecule has 0 radical (unpaired) electrons. The van der Waals surface area contributed by atoms with Gasteiger partial charge in [-0.3, -0.25) is 4.57 Å². The molecule has 4 N–H and O–H groups in total. The van der Waals surface area contributed by atoms with Crippen molar-refractivity contribution in [3.63, 3.8) is 0 Å². The Morgan fingerprint density at radius 3 is 2.94 bits per heavy atom. The monoisotopic (exact) mass is 531 g/mol. The van der Waals surface area contributed by atoms with E-state index < -0.39 is 43.2 Å². The third-order valence-corrected chi connectivity index (χ3v) is 8.27. The largest absolute Gasteiger partial charge is 0.387 e. The van der Waals surface area contributed by atoms with E-state index in [0.717, 1.165) is 0 Å². The van der Waals surface area contributed by atoms with Gasteiger partial charge in [0, 0.05) is 12.0 Å². The molecule has 11 nitrogen and oxygen atoms in total. The second-order valence-corrected chi connectivity index (χ2v) is 11.1. The van der Waals surface area contributed by atoms with Gasteiger partial charge in [0.05, 0.1) is 30.7 Å². The number of nitrogen functional groups attached to an aromatic ring is 1. The van der Waals surface area contributed by atoms with Crippen LogP contribution in [0.5, 0.6) is 0 Å². The summed E-state index contributed by atoms with van der Waals surface area (Å²) in [6.07, 6.45) is -2.29. The number of imidazole rings is 1. The first-order valence-corrected chi connectivity index (χ1v) is 13.2. The van der Waals surface area contributed by atoms with E-state index in [0.29, 0.717) is 17.6 Å². The van der Waals surface area contributed by atoms with Crippen LogP contribution in [0, 0.1) is 5.82 Å². The average Bonchev–Trinajstić information content (AvgIpc) is 3.36. The van der Waals surface area contributed by atoms with E-state index in [1.54, 1.807) is 12.1 Å². The molecule has 2 aliphatic heterocycles. The predicted molar refractivity (Wildman–Crippen MR) is 122 cm³/mol. The van der Waals surface area contributed by atoms with Crippen molar-refractivity contribution in [2.75, 3.05) is 18.9 Å². The number of anilines is 1. The Balaban J connectivity index is 1.28. The zero-order chi connectivity index (χ0) is 24.0. The highest BCUT2D eigenvalue weighted by Gasteiger charge is 2.45. The summed E-state index contributed by atoms with van der Waals surface area (Å²) in [7, 11) is 0. The number of aromatic nitrogens is 4. The molecule has 2 aromatic heterocycles. The Morgan fingerprint density at radius 1 is 1.29 bits per heavy atom. The third kappa shape index (κ3) is 4.32. The van der Waals surface area contributed by atoms with Gasteiger partial charge in [-0.1, -0.05) is 23.7 Å². The number of aliphatic hydroxyl groups is 2. The highest BCUT2D eigenvalue weighted by Crippen LogP contribution is 2.58. The summed E-state index contributed by atoms with van der Waals surface area (Å²) in [4.78, 5) is 12.1. The number of halogens is 2. The standard InChI is InChI=1S/C19H20ClFN5O6PS/c20-10-3-1-2-9(13(10)21)11-4-5-29-33(34,32-11)30-6-12-15(27)16(28)19(31-12)26-8-25-14-17(22)23-7-24-18(14)26/h1-3,7-8,11-12,15-16,19,27-28H,4-6H2,(H2,22,23,24)/t11?,12-,15-,16-,19-,33?/m1/s1. The Labute approximate surface area is 202 Å². The normalized spacial score (nSPS) is 31.8. The second-order valence-electron chi connectivity index (χ2n) is 7.73. The maximum atomic E-state index is 14.5. The fraction of sp³-hybridized carbons (Fsp3) is 0.421. The molecule has 2 fully saturated rings. The Kier molecular flexibility index (Phi) is 6.57. The van der Waals surface area contributed by atoms with Crippen LogP contribution in [0.3, 0.4) is 0 Å². The van der Waals surface area contributed by atoms with Gasteiger partial charge in [-0.05, 0) is 17.9 Å². The minimum Gasteiger partial charge on any atom is -0.387 e. The van der Waals surface area contributed by atoms with E-state index in [1.165, 1.54) is 23.3 Å². The molecule has 0 spiro atoms. The molecule has 1 aromatic carbocycles. The first kappa shape index (κ1) is 23.9. The molecule has 182 valence electrons. The lowest BCUT2D eigenvalue weighted by Crippen LogP contribution is -2.34. The molecule has 2 unspecified atom stereocenters. The van der Waals surface area contributed by atoms with Gasteiger partial charge in [0.1, 0.15) is 36.0 Å². The molecular weight excluding hydrogens is 512 g/mol. The number of hydrogen-bond acceptors (Lipinski definition) is 11. The number of fused-ring (bicyclic) bond motifs is 1. The lowest BCUT2D eigenvalue weighted by Gasteiger charge is -2.33. The fourth-order valence-electron chi connectivity index (χ4n) is 3.88. The van der Waals surface area contributed by atoms with Crippen LogP contribution in [0.25, 0.3) is 11.2 Å². The van der Waals surface area contributed by atoms with E-state index in [2.05, 4.69) is 15.0 Å². The fourth-order valence-corrected chi connectivity index (χ4v) is 6.16. The van der Waals surface area contributed by atoms with Gasteiger partial charge in [-0.15, -0.1) is 0 Å². The van der Waals surface area contributed by atoms with Crippen molar-refractivity contribution in [2.24, 2.45) is 0 Å². The van der Waals surface area contributed by atoms with Gasteiger partial charge < -0.3 is 34.3 Å². The van der Waals surface area contributed by atoms with Crippen LogP contribution in [0.1, 0.15) is 24.3 Å². The van der Waals surface area contributed by atoms with Crippen LogP contribution >= 0.6 is 18.3 Å². The number of rotatable bonds is 5.